The number of fused-ring (bicyclic) bond motifs is 1. The maximum Gasteiger partial charge on any atom is 0.0503 e. The van der Waals surface area contributed by atoms with Crippen molar-refractivity contribution in [1.82, 2.24) is 14.7 Å². The molecule has 5 unspecified atom stereocenters. The summed E-state index contributed by atoms with van der Waals surface area (Å²) >= 11 is 0. The Bertz CT molecular complexity index is 422. The van der Waals surface area contributed by atoms with Crippen LogP contribution in [0.15, 0.2) is 0 Å². The van der Waals surface area contributed by atoms with Gasteiger partial charge in [-0.2, -0.15) is 0 Å². The molecule has 2 aliphatic heterocycles. The van der Waals surface area contributed by atoms with Gasteiger partial charge in [0.15, 0.2) is 0 Å². The highest BCUT2D eigenvalue weighted by molar-refractivity contribution is 4.87. The first-order chi connectivity index (χ1) is 14.0. The van der Waals surface area contributed by atoms with E-state index < -0.39 is 0 Å². The van der Waals surface area contributed by atoms with Gasteiger partial charge in [-0.05, 0) is 89.9 Å². The van der Waals surface area contributed by atoms with Crippen molar-refractivity contribution < 1.29 is 0 Å². The summed E-state index contributed by atoms with van der Waals surface area (Å²) in [6.45, 7) is 14.6. The fraction of sp³-hybridized carbons (Fsp3) is 1.00. The molecule has 1 saturated carbocycles. The smallest absolute Gasteiger partial charge is 0.0503 e. The van der Waals surface area contributed by atoms with E-state index in [0.29, 0.717) is 0 Å². The van der Waals surface area contributed by atoms with E-state index in [1.807, 2.05) is 0 Å². The van der Waals surface area contributed by atoms with Crippen LogP contribution in [0.1, 0.15) is 98.3 Å². The molecule has 3 fully saturated rings. The Balaban J connectivity index is 0.000000208. The molecule has 0 aromatic rings. The number of nitrogens with zero attached hydrogens (tertiary/aromatic N) is 3. The minimum Gasteiger partial charge on any atom is -0.300 e. The molecule has 0 spiro atoms. The molecule has 3 heteroatoms. The molecule has 2 saturated heterocycles. The number of likely N-dealkylation sites (tertiary alicyclic amines) is 2. The predicted molar refractivity (Wildman–Crippen MR) is 128 cm³/mol. The van der Waals surface area contributed by atoms with E-state index in [9.17, 15) is 0 Å². The molecule has 0 radical (unpaired) electrons. The van der Waals surface area contributed by atoms with E-state index >= 15 is 0 Å². The molecule has 0 N–H and O–H groups in total. The van der Waals surface area contributed by atoms with E-state index in [0.717, 1.165) is 36.5 Å². The van der Waals surface area contributed by atoms with Gasteiger partial charge in [0.05, 0.1) is 6.67 Å². The van der Waals surface area contributed by atoms with Gasteiger partial charge < -0.3 is 0 Å². The van der Waals surface area contributed by atoms with E-state index in [2.05, 4.69) is 56.5 Å². The van der Waals surface area contributed by atoms with E-state index in [-0.39, 0.29) is 0 Å². The van der Waals surface area contributed by atoms with Gasteiger partial charge in [0.1, 0.15) is 0 Å². The summed E-state index contributed by atoms with van der Waals surface area (Å²) in [6, 6.07) is 1.79. The van der Waals surface area contributed by atoms with Gasteiger partial charge >= 0.3 is 0 Å². The molecule has 29 heavy (non-hydrogen) atoms. The first kappa shape index (κ1) is 25.1. The standard InChI is InChI=1S/C14H27N.C12H26N2/c1-3-12(2)11-15-10-6-8-13-7-4-5-9-14(13)15;1-5-7-12-11(2)8-6-9-14(12)10-13(3)4/h12-14H,3-11H2,1-2H3;11-12H,5-10H2,1-4H3. The number of hydrogen-bond donors (Lipinski definition) is 0. The monoisotopic (exact) mass is 407 g/mol. The van der Waals surface area contributed by atoms with Crippen LogP contribution in [0.5, 0.6) is 0 Å². The van der Waals surface area contributed by atoms with Crippen LogP contribution in [0.4, 0.5) is 0 Å². The Morgan fingerprint density at radius 3 is 2.24 bits per heavy atom. The van der Waals surface area contributed by atoms with Crippen molar-refractivity contribution in [2.24, 2.45) is 17.8 Å². The van der Waals surface area contributed by atoms with Crippen molar-refractivity contribution in [2.75, 3.05) is 40.4 Å². The Labute approximate surface area is 183 Å². The molecule has 0 amide bonds. The second kappa shape index (κ2) is 13.3. The van der Waals surface area contributed by atoms with Gasteiger partial charge in [-0.1, -0.05) is 53.4 Å². The van der Waals surface area contributed by atoms with Crippen molar-refractivity contribution in [2.45, 2.75) is 110 Å². The molecule has 3 aliphatic rings. The molecule has 2 heterocycles. The minimum atomic E-state index is 0.830. The van der Waals surface area contributed by atoms with E-state index in [1.165, 1.54) is 90.3 Å². The summed E-state index contributed by atoms with van der Waals surface area (Å²) < 4.78 is 0. The largest absolute Gasteiger partial charge is 0.300 e. The summed E-state index contributed by atoms with van der Waals surface area (Å²) in [6.07, 6.45) is 15.8. The normalized spacial score (nSPS) is 32.4. The zero-order valence-corrected chi connectivity index (χ0v) is 20.8. The van der Waals surface area contributed by atoms with E-state index in [4.69, 9.17) is 0 Å². The fourth-order valence-electron chi connectivity index (χ4n) is 6.12. The van der Waals surface area contributed by atoms with Crippen molar-refractivity contribution in [1.29, 1.82) is 0 Å². The Morgan fingerprint density at radius 1 is 0.897 bits per heavy atom. The average Bonchev–Trinajstić information content (AvgIpc) is 2.71. The second-order valence-electron chi connectivity index (χ2n) is 10.8. The van der Waals surface area contributed by atoms with Gasteiger partial charge in [-0.3, -0.25) is 14.7 Å². The first-order valence-corrected chi connectivity index (χ1v) is 13.1. The van der Waals surface area contributed by atoms with Crippen molar-refractivity contribution in [3.63, 3.8) is 0 Å². The Kier molecular flexibility index (Phi) is 11.6. The lowest BCUT2D eigenvalue weighted by molar-refractivity contribution is 0.0496. The predicted octanol–water partition coefficient (Wildman–Crippen LogP) is 6.09. The number of hydrogen-bond acceptors (Lipinski definition) is 3. The molecule has 5 atom stereocenters. The molecule has 3 rings (SSSR count). The third-order valence-electron chi connectivity index (χ3n) is 7.88. The number of piperidine rings is 2. The van der Waals surface area contributed by atoms with Crippen LogP contribution in [-0.4, -0.2) is 67.2 Å². The van der Waals surface area contributed by atoms with Gasteiger partial charge in [-0.15, -0.1) is 0 Å². The third-order valence-corrected chi connectivity index (χ3v) is 7.88. The average molecular weight is 408 g/mol. The SMILES string of the molecule is CCC(C)CN1CCCC2CCCCC21.CCCC1C(C)CCCN1CN(C)C. The Hall–Kier alpha value is -0.120. The molecule has 0 aromatic heterocycles. The highest BCUT2D eigenvalue weighted by Crippen LogP contribution is 2.35. The van der Waals surface area contributed by atoms with Gasteiger partial charge in [0.25, 0.3) is 0 Å². The summed E-state index contributed by atoms with van der Waals surface area (Å²) in [5.74, 6) is 2.84. The zero-order chi connectivity index (χ0) is 21.2. The summed E-state index contributed by atoms with van der Waals surface area (Å²) in [5.41, 5.74) is 0. The third kappa shape index (κ3) is 8.15. The summed E-state index contributed by atoms with van der Waals surface area (Å²) in [7, 11) is 4.34. The molecule has 0 bridgehead atoms. The van der Waals surface area contributed by atoms with Crippen molar-refractivity contribution in [3.8, 4) is 0 Å². The Morgan fingerprint density at radius 2 is 1.55 bits per heavy atom. The van der Waals surface area contributed by atoms with Crippen LogP contribution in [-0.2, 0) is 0 Å². The molecule has 1 aliphatic carbocycles. The maximum absolute atomic E-state index is 2.82. The van der Waals surface area contributed by atoms with Gasteiger partial charge in [0, 0.05) is 18.6 Å². The van der Waals surface area contributed by atoms with E-state index in [1.54, 1.807) is 0 Å². The quantitative estimate of drug-likeness (QED) is 0.505. The lowest BCUT2D eigenvalue weighted by Gasteiger charge is -2.45. The van der Waals surface area contributed by atoms with Crippen LogP contribution in [0.25, 0.3) is 0 Å². The van der Waals surface area contributed by atoms with Gasteiger partial charge in [0.2, 0.25) is 0 Å². The highest BCUT2D eigenvalue weighted by atomic mass is 15.3. The van der Waals surface area contributed by atoms with Crippen LogP contribution in [0.2, 0.25) is 0 Å². The highest BCUT2D eigenvalue weighted by Gasteiger charge is 2.33. The first-order valence-electron chi connectivity index (χ1n) is 13.1. The lowest BCUT2D eigenvalue weighted by atomic mass is 9.78. The van der Waals surface area contributed by atoms with Crippen molar-refractivity contribution in [3.05, 3.63) is 0 Å². The summed E-state index contributed by atoms with van der Waals surface area (Å²) in [4.78, 5) is 7.78. The zero-order valence-electron chi connectivity index (χ0n) is 20.8. The molecule has 172 valence electrons. The lowest BCUT2D eigenvalue weighted by Crippen LogP contribution is -2.48. The topological polar surface area (TPSA) is 9.72 Å². The summed E-state index contributed by atoms with van der Waals surface area (Å²) in [5, 5.41) is 0. The second-order valence-corrected chi connectivity index (χ2v) is 10.8. The van der Waals surface area contributed by atoms with Crippen LogP contribution >= 0.6 is 0 Å². The van der Waals surface area contributed by atoms with Gasteiger partial charge in [-0.25, -0.2) is 0 Å². The van der Waals surface area contributed by atoms with Crippen LogP contribution < -0.4 is 0 Å². The minimum absolute atomic E-state index is 0.830. The fourth-order valence-corrected chi connectivity index (χ4v) is 6.12. The van der Waals surface area contributed by atoms with Crippen LogP contribution in [0, 0.1) is 17.8 Å². The number of rotatable bonds is 7. The van der Waals surface area contributed by atoms with Crippen LogP contribution in [0.3, 0.4) is 0 Å². The van der Waals surface area contributed by atoms with Crippen molar-refractivity contribution >= 4 is 0 Å². The molecular formula is C26H53N3. The maximum atomic E-state index is 2.82. The molecule has 3 nitrogen and oxygen atoms in total. The molecular weight excluding hydrogens is 354 g/mol. The molecule has 0 aromatic carbocycles.